The summed E-state index contributed by atoms with van der Waals surface area (Å²) in [7, 11) is 0. The van der Waals surface area contributed by atoms with E-state index in [4.69, 9.17) is 0 Å². The maximum absolute atomic E-state index is 12.8. The number of carbonyl (C=O) groups excluding carboxylic acids is 2. The van der Waals surface area contributed by atoms with Crippen LogP contribution in [-0.2, 0) is 16.0 Å². The van der Waals surface area contributed by atoms with Gasteiger partial charge in [0.15, 0.2) is 0 Å². The van der Waals surface area contributed by atoms with Crippen molar-refractivity contribution in [3.63, 3.8) is 0 Å². The number of hydrogen-bond donors (Lipinski definition) is 0. The molecule has 5 rings (SSSR count). The molecular formula is C19H22N2O2S. The summed E-state index contributed by atoms with van der Waals surface area (Å²) in [5, 5.41) is 2.19. The molecule has 3 atom stereocenters. The van der Waals surface area contributed by atoms with Crippen LogP contribution in [0.3, 0.4) is 0 Å². The zero-order chi connectivity index (χ0) is 16.3. The average molecular weight is 342 g/mol. The van der Waals surface area contributed by atoms with Crippen molar-refractivity contribution in [3.05, 3.63) is 34.0 Å². The predicted molar refractivity (Wildman–Crippen MR) is 92.3 cm³/mol. The average Bonchev–Trinajstić information content (AvgIpc) is 3.28. The normalized spacial score (nSPS) is 33.0. The van der Waals surface area contributed by atoms with E-state index in [1.165, 1.54) is 23.3 Å². The summed E-state index contributed by atoms with van der Waals surface area (Å²) in [5.41, 5.74) is 1.45. The summed E-state index contributed by atoms with van der Waals surface area (Å²) in [5.74, 6) is 0.599. The van der Waals surface area contributed by atoms with Crippen LogP contribution >= 0.6 is 11.3 Å². The molecule has 2 amide bonds. The van der Waals surface area contributed by atoms with Crippen LogP contribution in [0.25, 0.3) is 0 Å². The van der Waals surface area contributed by atoms with Crippen LogP contribution in [0, 0.1) is 17.8 Å². The highest BCUT2D eigenvalue weighted by Gasteiger charge is 2.49. The van der Waals surface area contributed by atoms with Crippen LogP contribution in [0.1, 0.15) is 42.2 Å². The molecule has 4 aliphatic rings. The molecule has 2 aliphatic heterocycles. The van der Waals surface area contributed by atoms with E-state index in [0.29, 0.717) is 18.6 Å². The molecule has 1 saturated heterocycles. The second-order valence-corrected chi connectivity index (χ2v) is 8.55. The zero-order valence-electron chi connectivity index (χ0n) is 13.7. The third kappa shape index (κ3) is 2.21. The molecule has 1 aromatic heterocycles. The summed E-state index contributed by atoms with van der Waals surface area (Å²) in [6.07, 6.45) is 9.16. The summed E-state index contributed by atoms with van der Waals surface area (Å²) in [6, 6.07) is 2.66. The molecule has 0 radical (unpaired) electrons. The topological polar surface area (TPSA) is 40.6 Å². The molecule has 0 aromatic carbocycles. The molecule has 0 spiro atoms. The van der Waals surface area contributed by atoms with E-state index in [9.17, 15) is 9.59 Å². The first-order valence-electron chi connectivity index (χ1n) is 9.04. The van der Waals surface area contributed by atoms with E-state index in [0.717, 1.165) is 25.8 Å². The van der Waals surface area contributed by atoms with Crippen molar-refractivity contribution in [1.82, 2.24) is 9.80 Å². The standard InChI is InChI=1S/C19H22N2O2S/c22-18-13-3-1-2-4-14(13)19(23)21(18)11-20-9-7-16-15(8-10-24-16)17(20)12-5-6-12/h1-2,8,10,12-14,17H,3-7,9,11H2/t13-,14+,17-/m1/s1. The molecule has 24 heavy (non-hydrogen) atoms. The Morgan fingerprint density at radius 3 is 2.46 bits per heavy atom. The Morgan fingerprint density at radius 2 is 1.79 bits per heavy atom. The molecule has 126 valence electrons. The number of rotatable bonds is 3. The SMILES string of the molecule is O=C1[C@H]2CC=CC[C@H]2C(=O)N1CN1CCc2sccc2[C@H]1C1CC1. The Kier molecular flexibility index (Phi) is 3.42. The van der Waals surface area contributed by atoms with Gasteiger partial charge in [0, 0.05) is 17.5 Å². The third-order valence-electron chi connectivity index (χ3n) is 6.11. The van der Waals surface area contributed by atoms with Crippen LogP contribution < -0.4 is 0 Å². The van der Waals surface area contributed by atoms with Gasteiger partial charge >= 0.3 is 0 Å². The van der Waals surface area contributed by atoms with Crippen LogP contribution in [0.4, 0.5) is 0 Å². The minimum Gasteiger partial charge on any atom is -0.278 e. The molecule has 0 unspecified atom stereocenters. The van der Waals surface area contributed by atoms with Gasteiger partial charge in [-0.05, 0) is 55.0 Å². The zero-order valence-corrected chi connectivity index (χ0v) is 14.5. The van der Waals surface area contributed by atoms with Crippen molar-refractivity contribution in [1.29, 1.82) is 0 Å². The van der Waals surface area contributed by atoms with E-state index in [1.807, 2.05) is 11.3 Å². The number of allylic oxidation sites excluding steroid dienone is 2. The van der Waals surface area contributed by atoms with E-state index in [2.05, 4.69) is 28.5 Å². The van der Waals surface area contributed by atoms with Crippen LogP contribution in [-0.4, -0.2) is 34.8 Å². The smallest absolute Gasteiger partial charge is 0.234 e. The van der Waals surface area contributed by atoms with Gasteiger partial charge in [0.1, 0.15) is 0 Å². The summed E-state index contributed by atoms with van der Waals surface area (Å²) >= 11 is 1.85. The van der Waals surface area contributed by atoms with Gasteiger partial charge in [-0.1, -0.05) is 12.2 Å². The van der Waals surface area contributed by atoms with Crippen molar-refractivity contribution in [2.45, 2.75) is 38.1 Å². The van der Waals surface area contributed by atoms with Crippen molar-refractivity contribution < 1.29 is 9.59 Å². The van der Waals surface area contributed by atoms with Gasteiger partial charge in [0.25, 0.3) is 0 Å². The van der Waals surface area contributed by atoms with Gasteiger partial charge in [0.2, 0.25) is 11.8 Å². The lowest BCUT2D eigenvalue weighted by molar-refractivity contribution is -0.143. The molecule has 5 heteroatoms. The highest BCUT2D eigenvalue weighted by molar-refractivity contribution is 7.10. The summed E-state index contributed by atoms with van der Waals surface area (Å²) in [4.78, 5) is 31.0. The monoisotopic (exact) mass is 342 g/mol. The van der Waals surface area contributed by atoms with E-state index in [-0.39, 0.29) is 23.7 Å². The molecule has 1 saturated carbocycles. The second-order valence-electron chi connectivity index (χ2n) is 7.55. The highest BCUT2D eigenvalue weighted by Crippen LogP contribution is 2.48. The van der Waals surface area contributed by atoms with Gasteiger partial charge in [0.05, 0.1) is 18.5 Å². The van der Waals surface area contributed by atoms with Gasteiger partial charge in [-0.2, -0.15) is 0 Å². The maximum atomic E-state index is 12.8. The number of imide groups is 1. The third-order valence-corrected chi connectivity index (χ3v) is 7.10. The summed E-state index contributed by atoms with van der Waals surface area (Å²) in [6.45, 7) is 1.44. The van der Waals surface area contributed by atoms with E-state index >= 15 is 0 Å². The maximum Gasteiger partial charge on any atom is 0.234 e. The Balaban J connectivity index is 1.39. The highest BCUT2D eigenvalue weighted by atomic mass is 32.1. The first kappa shape index (κ1) is 14.8. The second kappa shape index (κ2) is 5.53. The largest absolute Gasteiger partial charge is 0.278 e. The Hall–Kier alpha value is -1.46. The lowest BCUT2D eigenvalue weighted by Gasteiger charge is -2.38. The Bertz CT molecular complexity index is 695. The van der Waals surface area contributed by atoms with Crippen molar-refractivity contribution in [3.8, 4) is 0 Å². The van der Waals surface area contributed by atoms with E-state index < -0.39 is 0 Å². The molecule has 4 nitrogen and oxygen atoms in total. The van der Waals surface area contributed by atoms with Crippen molar-refractivity contribution in [2.75, 3.05) is 13.2 Å². The number of fused-ring (bicyclic) bond motifs is 2. The fourth-order valence-corrected chi connectivity index (χ4v) is 5.62. The first-order valence-corrected chi connectivity index (χ1v) is 9.92. The van der Waals surface area contributed by atoms with Crippen molar-refractivity contribution in [2.24, 2.45) is 17.8 Å². The lowest BCUT2D eigenvalue weighted by Crippen LogP contribution is -2.46. The molecule has 2 fully saturated rings. The fourth-order valence-electron chi connectivity index (χ4n) is 4.71. The van der Waals surface area contributed by atoms with Gasteiger partial charge in [-0.15, -0.1) is 11.3 Å². The number of thiophene rings is 1. The number of likely N-dealkylation sites (tertiary alicyclic amines) is 1. The summed E-state index contributed by atoms with van der Waals surface area (Å²) < 4.78 is 0. The van der Waals surface area contributed by atoms with Gasteiger partial charge in [-0.25, -0.2) is 0 Å². The molecule has 1 aromatic rings. The number of hydrogen-bond acceptors (Lipinski definition) is 4. The minimum absolute atomic E-state index is 0.0556. The van der Waals surface area contributed by atoms with E-state index in [1.54, 1.807) is 4.90 Å². The molecule has 2 aliphatic carbocycles. The lowest BCUT2D eigenvalue weighted by atomic mass is 9.85. The predicted octanol–water partition coefficient (Wildman–Crippen LogP) is 2.97. The fraction of sp³-hybridized carbons (Fsp3) is 0.579. The molecule has 3 heterocycles. The Labute approximate surface area is 146 Å². The number of carbonyl (C=O) groups is 2. The number of nitrogens with zero attached hydrogens (tertiary/aromatic N) is 2. The van der Waals surface area contributed by atoms with Crippen LogP contribution in [0.5, 0.6) is 0 Å². The van der Waals surface area contributed by atoms with Gasteiger partial charge < -0.3 is 0 Å². The number of amides is 2. The minimum atomic E-state index is -0.108. The molecule has 0 bridgehead atoms. The van der Waals surface area contributed by atoms with Gasteiger partial charge in [-0.3, -0.25) is 19.4 Å². The van der Waals surface area contributed by atoms with Crippen molar-refractivity contribution >= 4 is 23.2 Å². The Morgan fingerprint density at radius 1 is 1.08 bits per heavy atom. The first-order chi connectivity index (χ1) is 11.7. The quantitative estimate of drug-likeness (QED) is 0.626. The molecule has 0 N–H and O–H groups in total. The van der Waals surface area contributed by atoms with Crippen LogP contribution in [0.2, 0.25) is 0 Å². The molecular weight excluding hydrogens is 320 g/mol. The van der Waals surface area contributed by atoms with Crippen LogP contribution in [0.15, 0.2) is 23.6 Å².